The Morgan fingerprint density at radius 3 is 2.50 bits per heavy atom. The number of hydrogen-bond acceptors (Lipinski definition) is 3. The summed E-state index contributed by atoms with van der Waals surface area (Å²) < 4.78 is 42.1. The van der Waals surface area contributed by atoms with E-state index in [4.69, 9.17) is 0 Å². The second-order valence-electron chi connectivity index (χ2n) is 5.18. The number of carbonyl (C=O) groups is 2. The van der Waals surface area contributed by atoms with E-state index in [1.807, 2.05) is 0 Å². The second kappa shape index (κ2) is 6.38. The number of ether oxygens (including phenoxy) is 1. The maximum Gasteiger partial charge on any atom is 0.573 e. The highest BCUT2D eigenvalue weighted by Crippen LogP contribution is 2.26. The number of nitrogens with zero attached hydrogens (tertiary/aromatic N) is 1. The summed E-state index contributed by atoms with van der Waals surface area (Å²) >= 11 is 0. The van der Waals surface area contributed by atoms with Gasteiger partial charge >= 0.3 is 6.36 Å². The van der Waals surface area contributed by atoms with E-state index >= 15 is 0 Å². The number of rotatable bonds is 4. The fourth-order valence-electron chi connectivity index (χ4n) is 2.46. The molecule has 0 fully saturated rings. The Morgan fingerprint density at radius 1 is 1.29 bits per heavy atom. The van der Waals surface area contributed by atoms with Gasteiger partial charge < -0.3 is 14.6 Å². The van der Waals surface area contributed by atoms with Crippen molar-refractivity contribution in [2.24, 2.45) is 7.05 Å². The lowest BCUT2D eigenvalue weighted by molar-refractivity contribution is -0.274. The second-order valence-corrected chi connectivity index (χ2v) is 5.18. The van der Waals surface area contributed by atoms with Gasteiger partial charge in [0.2, 0.25) is 0 Å². The highest BCUT2D eigenvalue weighted by molar-refractivity contribution is 6.06. The zero-order chi connectivity index (χ0) is 18.1. The molecule has 0 unspecified atom stereocenters. The molecule has 0 radical (unpaired) electrons. The molecule has 0 aliphatic heterocycles. The van der Waals surface area contributed by atoms with E-state index in [1.54, 1.807) is 25.5 Å². The van der Waals surface area contributed by atoms with Crippen LogP contribution in [0.5, 0.6) is 5.75 Å². The molecule has 0 saturated heterocycles. The van der Waals surface area contributed by atoms with E-state index < -0.39 is 18.0 Å². The lowest BCUT2D eigenvalue weighted by Gasteiger charge is -2.11. The summed E-state index contributed by atoms with van der Waals surface area (Å²) in [5, 5.41) is 2.51. The number of anilines is 1. The number of carbonyl (C=O) groups excluding carboxylic acids is 2. The van der Waals surface area contributed by atoms with E-state index in [2.05, 4.69) is 10.1 Å². The zero-order valence-electron chi connectivity index (χ0n) is 13.2. The Kier molecular flexibility index (Phi) is 4.68. The first kappa shape index (κ1) is 17.6. The van der Waals surface area contributed by atoms with E-state index in [9.17, 15) is 22.8 Å². The highest BCUT2D eigenvalue weighted by atomic mass is 19.4. The van der Waals surface area contributed by atoms with Gasteiger partial charge in [-0.15, -0.1) is 13.2 Å². The van der Waals surface area contributed by atoms with Crippen LogP contribution in [-0.2, 0) is 7.05 Å². The van der Waals surface area contributed by atoms with Crippen LogP contribution in [0.1, 0.15) is 32.1 Å². The first-order valence-electron chi connectivity index (χ1n) is 6.92. The van der Waals surface area contributed by atoms with Crippen LogP contribution in [0, 0.1) is 13.8 Å². The number of benzene rings is 1. The number of alkyl halides is 3. The summed E-state index contributed by atoms with van der Waals surface area (Å²) in [4.78, 5) is 23.5. The first-order chi connectivity index (χ1) is 11.1. The van der Waals surface area contributed by atoms with E-state index in [1.165, 1.54) is 12.1 Å². The smallest absolute Gasteiger partial charge is 0.406 e. The fourth-order valence-corrected chi connectivity index (χ4v) is 2.46. The lowest BCUT2D eigenvalue weighted by atomic mass is 10.1. The molecule has 1 amide bonds. The first-order valence-corrected chi connectivity index (χ1v) is 6.92. The Labute approximate surface area is 136 Å². The molecule has 0 saturated carbocycles. The van der Waals surface area contributed by atoms with Crippen molar-refractivity contribution in [3.63, 3.8) is 0 Å². The molecule has 0 atom stereocenters. The summed E-state index contributed by atoms with van der Waals surface area (Å²) in [6, 6.07) is 4.96. The molecule has 24 heavy (non-hydrogen) atoms. The third-order valence-corrected chi connectivity index (χ3v) is 3.65. The Hall–Kier alpha value is -2.77. The molecule has 0 aliphatic rings. The Morgan fingerprint density at radius 2 is 1.96 bits per heavy atom. The van der Waals surface area contributed by atoms with Crippen LogP contribution in [-0.4, -0.2) is 23.1 Å². The zero-order valence-corrected chi connectivity index (χ0v) is 13.2. The van der Waals surface area contributed by atoms with Crippen molar-refractivity contribution in [3.05, 3.63) is 46.8 Å². The summed E-state index contributed by atoms with van der Waals surface area (Å²) in [6.45, 7) is 3.33. The van der Waals surface area contributed by atoms with E-state index in [-0.39, 0.29) is 11.4 Å². The molecular weight excluding hydrogens is 325 g/mol. The van der Waals surface area contributed by atoms with Crippen LogP contribution in [0.25, 0.3) is 0 Å². The van der Waals surface area contributed by atoms with Crippen molar-refractivity contribution in [2.75, 3.05) is 5.32 Å². The van der Waals surface area contributed by atoms with Crippen LogP contribution < -0.4 is 10.1 Å². The molecule has 1 aromatic carbocycles. The molecule has 2 rings (SSSR count). The van der Waals surface area contributed by atoms with Gasteiger partial charge in [0.15, 0.2) is 6.29 Å². The summed E-state index contributed by atoms with van der Waals surface area (Å²) in [7, 11) is 1.63. The Balaban J connectivity index is 2.28. The predicted octanol–water partition coefficient (Wildman–Crippen LogP) is 3.61. The number of aldehydes is 1. The maximum absolute atomic E-state index is 12.4. The molecule has 128 valence electrons. The molecule has 1 aromatic heterocycles. The monoisotopic (exact) mass is 340 g/mol. The minimum atomic E-state index is -4.81. The minimum Gasteiger partial charge on any atom is -0.406 e. The predicted molar refractivity (Wildman–Crippen MR) is 81.4 cm³/mol. The molecule has 2 aromatic rings. The molecular formula is C16H15F3N2O3. The van der Waals surface area contributed by atoms with Gasteiger partial charge in [-0.05, 0) is 31.5 Å². The lowest BCUT2D eigenvalue weighted by Crippen LogP contribution is -2.18. The van der Waals surface area contributed by atoms with Crippen LogP contribution >= 0.6 is 0 Å². The highest BCUT2D eigenvalue weighted by Gasteiger charge is 2.31. The number of nitrogens with one attached hydrogen (secondary N) is 1. The topological polar surface area (TPSA) is 60.3 Å². The van der Waals surface area contributed by atoms with Crippen LogP contribution in [0.2, 0.25) is 0 Å². The van der Waals surface area contributed by atoms with Gasteiger partial charge in [0.05, 0.1) is 0 Å². The number of hydrogen-bond donors (Lipinski definition) is 1. The largest absolute Gasteiger partial charge is 0.573 e. The molecule has 1 N–H and O–H groups in total. The van der Waals surface area contributed by atoms with Crippen molar-refractivity contribution in [1.29, 1.82) is 0 Å². The molecule has 5 nitrogen and oxygen atoms in total. The van der Waals surface area contributed by atoms with Gasteiger partial charge in [-0.25, -0.2) is 0 Å². The van der Waals surface area contributed by atoms with E-state index in [0.29, 0.717) is 23.1 Å². The summed E-state index contributed by atoms with van der Waals surface area (Å²) in [6.07, 6.45) is -4.15. The molecule has 0 spiro atoms. The average molecular weight is 340 g/mol. The van der Waals surface area contributed by atoms with Crippen molar-refractivity contribution < 1.29 is 27.5 Å². The van der Waals surface area contributed by atoms with Crippen molar-refractivity contribution in [3.8, 4) is 5.75 Å². The van der Waals surface area contributed by atoms with Crippen molar-refractivity contribution >= 4 is 17.9 Å². The van der Waals surface area contributed by atoms with Gasteiger partial charge in [-0.2, -0.15) is 0 Å². The third kappa shape index (κ3) is 3.58. The molecule has 1 heterocycles. The fraction of sp³-hybridized carbons (Fsp3) is 0.250. The Bertz CT molecular complexity index is 795. The van der Waals surface area contributed by atoms with Gasteiger partial charge in [0, 0.05) is 30.1 Å². The average Bonchev–Trinajstić information content (AvgIpc) is 2.67. The molecule has 8 heteroatoms. The SMILES string of the molecule is Cc1c(C=O)c(C)n(C)c1C(=O)Nc1cccc(OC(F)(F)F)c1. The van der Waals surface area contributed by atoms with Crippen molar-refractivity contribution in [1.82, 2.24) is 4.57 Å². The van der Waals surface area contributed by atoms with Crippen LogP contribution in [0.3, 0.4) is 0 Å². The normalized spacial score (nSPS) is 11.2. The number of aromatic nitrogens is 1. The van der Waals surface area contributed by atoms with E-state index in [0.717, 1.165) is 12.1 Å². The maximum atomic E-state index is 12.4. The molecule has 0 aliphatic carbocycles. The standard InChI is InChI=1S/C16H15F3N2O3/c1-9-13(8-22)10(2)21(3)14(9)15(23)20-11-5-4-6-12(7-11)24-16(17,18)19/h4-8H,1-3H3,(H,20,23). The number of halogens is 3. The molecule has 0 bridgehead atoms. The number of amides is 1. The van der Waals surface area contributed by atoms with Gasteiger partial charge in [0.25, 0.3) is 5.91 Å². The third-order valence-electron chi connectivity index (χ3n) is 3.65. The van der Waals surface area contributed by atoms with Crippen LogP contribution in [0.4, 0.5) is 18.9 Å². The van der Waals surface area contributed by atoms with Crippen molar-refractivity contribution in [2.45, 2.75) is 20.2 Å². The summed E-state index contributed by atoms with van der Waals surface area (Å²) in [5.41, 5.74) is 1.95. The van der Waals surface area contributed by atoms with Gasteiger partial charge in [-0.1, -0.05) is 6.07 Å². The minimum absolute atomic E-state index is 0.146. The van der Waals surface area contributed by atoms with Gasteiger partial charge in [-0.3, -0.25) is 9.59 Å². The quantitative estimate of drug-likeness (QED) is 0.865. The van der Waals surface area contributed by atoms with Gasteiger partial charge in [0.1, 0.15) is 11.4 Å². The summed E-state index contributed by atoms with van der Waals surface area (Å²) in [5.74, 6) is -0.968. The van der Waals surface area contributed by atoms with Crippen LogP contribution in [0.15, 0.2) is 24.3 Å².